The summed E-state index contributed by atoms with van der Waals surface area (Å²) >= 11 is 1.16. The predicted molar refractivity (Wildman–Crippen MR) is 127 cm³/mol. The maximum atomic E-state index is 12.7. The Morgan fingerprint density at radius 1 is 1.19 bits per heavy atom. The van der Waals surface area contributed by atoms with E-state index in [-0.39, 0.29) is 24.2 Å². The van der Waals surface area contributed by atoms with Gasteiger partial charge in [-0.05, 0) is 44.9 Å². The molecule has 2 atom stereocenters. The number of amidine groups is 1. The molecule has 0 aliphatic rings. The molecule has 9 nitrogen and oxygen atoms in total. The number of hydrogen-bond donors (Lipinski definition) is 2. The van der Waals surface area contributed by atoms with Gasteiger partial charge in [0.05, 0.1) is 6.26 Å². The van der Waals surface area contributed by atoms with Crippen LogP contribution in [0.4, 0.5) is 4.79 Å². The van der Waals surface area contributed by atoms with Gasteiger partial charge >= 0.3 is 12.1 Å². The van der Waals surface area contributed by atoms with Crippen molar-refractivity contribution in [3.05, 3.63) is 35.9 Å². The summed E-state index contributed by atoms with van der Waals surface area (Å²) in [7, 11) is -3.43. The molecule has 1 rings (SSSR count). The molecule has 0 fully saturated rings. The molecular weight excluding hydrogens is 454 g/mol. The lowest BCUT2D eigenvalue weighted by Crippen LogP contribution is -2.48. The first kappa shape index (κ1) is 27.8. The van der Waals surface area contributed by atoms with Gasteiger partial charge in [0.1, 0.15) is 18.2 Å². The van der Waals surface area contributed by atoms with E-state index in [0.29, 0.717) is 6.42 Å². The van der Waals surface area contributed by atoms with Crippen LogP contribution in [0, 0.1) is 5.92 Å². The molecular formula is C21H33N3O6S2. The van der Waals surface area contributed by atoms with E-state index in [4.69, 9.17) is 9.47 Å². The molecule has 0 spiro atoms. The number of nitrogens with one attached hydrogen (secondary N) is 2. The average molecular weight is 488 g/mol. The minimum absolute atomic E-state index is 0.0701. The van der Waals surface area contributed by atoms with Crippen molar-refractivity contribution in [2.75, 3.05) is 19.1 Å². The Hall–Kier alpha value is -2.27. The fraction of sp³-hybridized carbons (Fsp3) is 0.571. The average Bonchev–Trinajstić information content (AvgIpc) is 2.68. The Labute approximate surface area is 194 Å². The second-order valence-electron chi connectivity index (χ2n) is 8.25. The van der Waals surface area contributed by atoms with Crippen molar-refractivity contribution in [2.24, 2.45) is 10.9 Å². The van der Waals surface area contributed by atoms with Crippen LogP contribution in [-0.2, 0) is 30.9 Å². The summed E-state index contributed by atoms with van der Waals surface area (Å²) in [6, 6.07) is 8.24. The highest BCUT2D eigenvalue weighted by Crippen LogP contribution is 2.16. The van der Waals surface area contributed by atoms with Crippen molar-refractivity contribution in [1.82, 2.24) is 10.0 Å². The normalized spacial score (nSPS) is 14.2. The zero-order valence-corrected chi connectivity index (χ0v) is 21.0. The summed E-state index contributed by atoms with van der Waals surface area (Å²) in [6.07, 6.45) is 2.42. The number of thioether (sulfide) groups is 1. The van der Waals surface area contributed by atoms with E-state index in [1.807, 2.05) is 30.3 Å². The van der Waals surface area contributed by atoms with Crippen LogP contribution < -0.4 is 10.0 Å². The van der Waals surface area contributed by atoms with Crippen molar-refractivity contribution >= 4 is 39.0 Å². The van der Waals surface area contributed by atoms with Crippen LogP contribution in [0.15, 0.2) is 35.3 Å². The van der Waals surface area contributed by atoms with Gasteiger partial charge in [0.2, 0.25) is 10.0 Å². The molecule has 0 aromatic heterocycles. The number of rotatable bonds is 9. The maximum Gasteiger partial charge on any atom is 0.408 e. The molecule has 1 aromatic carbocycles. The van der Waals surface area contributed by atoms with Gasteiger partial charge in [-0.3, -0.25) is 9.71 Å². The number of aliphatic imine (C=N–C) groups is 1. The third-order valence-electron chi connectivity index (χ3n) is 4.02. The van der Waals surface area contributed by atoms with E-state index < -0.39 is 33.7 Å². The highest BCUT2D eigenvalue weighted by molar-refractivity contribution is 8.14. The Kier molecular flexibility index (Phi) is 11.0. The third-order valence-corrected chi connectivity index (χ3v) is 5.33. The molecule has 2 N–H and O–H groups in total. The van der Waals surface area contributed by atoms with Crippen LogP contribution in [0.1, 0.15) is 39.7 Å². The van der Waals surface area contributed by atoms with Gasteiger partial charge in [-0.15, -0.1) is 0 Å². The fourth-order valence-electron chi connectivity index (χ4n) is 2.52. The molecule has 0 heterocycles. The van der Waals surface area contributed by atoms with Gasteiger partial charge in [-0.1, -0.05) is 49.0 Å². The largest absolute Gasteiger partial charge is 0.458 e. The molecule has 11 heteroatoms. The van der Waals surface area contributed by atoms with Crippen molar-refractivity contribution < 1.29 is 27.5 Å². The Balaban J connectivity index is 2.81. The number of ether oxygens (including phenoxy) is 2. The quantitative estimate of drug-likeness (QED) is 0.312. The lowest BCUT2D eigenvalue weighted by molar-refractivity contribution is -0.158. The molecule has 32 heavy (non-hydrogen) atoms. The van der Waals surface area contributed by atoms with Crippen LogP contribution in [0.25, 0.3) is 0 Å². The number of amides is 1. The number of esters is 1. The topological polar surface area (TPSA) is 123 Å². The van der Waals surface area contributed by atoms with Crippen LogP contribution >= 0.6 is 11.8 Å². The molecule has 0 aliphatic carbocycles. The van der Waals surface area contributed by atoms with E-state index >= 15 is 0 Å². The molecule has 0 bridgehead atoms. The second-order valence-corrected chi connectivity index (χ2v) is 10.8. The van der Waals surface area contributed by atoms with E-state index in [0.717, 1.165) is 23.6 Å². The molecule has 0 saturated heterocycles. The van der Waals surface area contributed by atoms with Crippen molar-refractivity contribution in [2.45, 2.75) is 52.4 Å². The minimum atomic E-state index is -3.43. The molecule has 0 radical (unpaired) electrons. The van der Waals surface area contributed by atoms with Gasteiger partial charge < -0.3 is 14.8 Å². The molecule has 0 saturated carbocycles. The number of hydrogen-bond acceptors (Lipinski definition) is 8. The lowest BCUT2D eigenvalue weighted by atomic mass is 9.98. The minimum Gasteiger partial charge on any atom is -0.458 e. The van der Waals surface area contributed by atoms with E-state index in [1.54, 1.807) is 34.0 Å². The summed E-state index contributed by atoms with van der Waals surface area (Å²) < 4.78 is 35.8. The van der Waals surface area contributed by atoms with Crippen LogP contribution in [0.5, 0.6) is 0 Å². The molecule has 0 unspecified atom stereocenters. The zero-order chi connectivity index (χ0) is 24.4. The highest BCUT2D eigenvalue weighted by Gasteiger charge is 2.31. The predicted octanol–water partition coefficient (Wildman–Crippen LogP) is 2.92. The Morgan fingerprint density at radius 2 is 1.81 bits per heavy atom. The first-order chi connectivity index (χ1) is 14.8. The number of nitrogens with zero attached hydrogens (tertiary/aromatic N) is 1. The standard InChI is InChI=1S/C21H33N3O6S2/c1-15(12-13-22-19(31-5)24-32(6,27)28)17(18(25)30-21(2,3)4)23-20(26)29-14-16-10-8-7-9-11-16/h7-11,15,17H,12-14H2,1-6H3,(H,22,24)(H,23,26)/t15-,17+/m1/s1. The van der Waals surface area contributed by atoms with Gasteiger partial charge in [-0.2, -0.15) is 0 Å². The SMILES string of the molecule is CSC(=NCC[C@@H](C)[C@H](NC(=O)OCc1ccccc1)C(=O)OC(C)(C)C)NS(C)(=O)=O. The van der Waals surface area contributed by atoms with E-state index in [2.05, 4.69) is 15.0 Å². The number of alkyl carbamates (subject to hydrolysis) is 1. The lowest BCUT2D eigenvalue weighted by Gasteiger charge is -2.27. The Morgan fingerprint density at radius 3 is 2.34 bits per heavy atom. The van der Waals surface area contributed by atoms with Crippen LogP contribution in [0.3, 0.4) is 0 Å². The molecule has 1 aromatic rings. The fourth-order valence-corrected chi connectivity index (χ4v) is 3.91. The first-order valence-corrected chi connectivity index (χ1v) is 13.2. The first-order valence-electron chi connectivity index (χ1n) is 10.1. The van der Waals surface area contributed by atoms with E-state index in [1.165, 1.54) is 0 Å². The summed E-state index contributed by atoms with van der Waals surface area (Å²) in [5.74, 6) is -0.927. The number of benzene rings is 1. The number of sulfonamides is 1. The smallest absolute Gasteiger partial charge is 0.408 e. The molecule has 1 amide bonds. The zero-order valence-electron chi connectivity index (χ0n) is 19.4. The summed E-state index contributed by atoms with van der Waals surface area (Å²) in [6.45, 7) is 7.33. The number of carbonyl (C=O) groups is 2. The Bertz CT molecular complexity index is 883. The van der Waals surface area contributed by atoms with Gasteiger partial charge in [0.15, 0.2) is 5.17 Å². The van der Waals surface area contributed by atoms with Gasteiger partial charge in [-0.25, -0.2) is 18.0 Å². The molecule has 0 aliphatic heterocycles. The second kappa shape index (κ2) is 12.7. The third kappa shape index (κ3) is 11.9. The summed E-state index contributed by atoms with van der Waals surface area (Å²) in [5.41, 5.74) is 0.0932. The van der Waals surface area contributed by atoms with Crippen molar-refractivity contribution in [3.8, 4) is 0 Å². The summed E-state index contributed by atoms with van der Waals surface area (Å²) in [5, 5.41) is 2.85. The van der Waals surface area contributed by atoms with Crippen molar-refractivity contribution in [3.63, 3.8) is 0 Å². The van der Waals surface area contributed by atoms with Crippen LogP contribution in [0.2, 0.25) is 0 Å². The summed E-state index contributed by atoms with van der Waals surface area (Å²) in [4.78, 5) is 29.3. The van der Waals surface area contributed by atoms with E-state index in [9.17, 15) is 18.0 Å². The van der Waals surface area contributed by atoms with Crippen molar-refractivity contribution in [1.29, 1.82) is 0 Å². The van der Waals surface area contributed by atoms with Gasteiger partial charge in [0.25, 0.3) is 0 Å². The molecule has 180 valence electrons. The van der Waals surface area contributed by atoms with Crippen LogP contribution in [-0.4, -0.2) is 56.3 Å². The number of carbonyl (C=O) groups excluding carboxylic acids is 2. The monoisotopic (exact) mass is 487 g/mol. The van der Waals surface area contributed by atoms with Gasteiger partial charge in [0, 0.05) is 6.54 Å². The highest BCUT2D eigenvalue weighted by atomic mass is 32.2. The maximum absolute atomic E-state index is 12.7.